The van der Waals surface area contributed by atoms with E-state index in [2.05, 4.69) is 25.3 Å². The monoisotopic (exact) mass is 432 g/mol. The Kier molecular flexibility index (Phi) is 5.71. The van der Waals surface area contributed by atoms with Gasteiger partial charge in [0, 0.05) is 29.6 Å². The summed E-state index contributed by atoms with van der Waals surface area (Å²) in [4.78, 5) is 18.4. The van der Waals surface area contributed by atoms with E-state index in [0.29, 0.717) is 39.2 Å². The van der Waals surface area contributed by atoms with E-state index in [-0.39, 0.29) is 11.6 Å². The van der Waals surface area contributed by atoms with Crippen LogP contribution in [0.1, 0.15) is 58.3 Å². The van der Waals surface area contributed by atoms with Gasteiger partial charge in [0.1, 0.15) is 22.6 Å². The minimum atomic E-state index is -0.0557. The zero-order chi connectivity index (χ0) is 20.7. The van der Waals surface area contributed by atoms with Crippen molar-refractivity contribution >= 4 is 34.2 Å². The molecule has 1 fully saturated rings. The molecule has 0 aliphatic heterocycles. The number of hydrogen-bond donors (Lipinski definition) is 0. The number of benzene rings is 1. The first-order valence-corrected chi connectivity index (χ1v) is 11.2. The maximum absolute atomic E-state index is 13.5. The highest BCUT2D eigenvalue weighted by Crippen LogP contribution is 2.35. The molecule has 5 nitrogen and oxygen atoms in total. The van der Waals surface area contributed by atoms with Crippen LogP contribution in [0.25, 0.3) is 22.3 Å². The van der Waals surface area contributed by atoms with Gasteiger partial charge in [-0.05, 0) is 49.8 Å². The van der Waals surface area contributed by atoms with E-state index in [0.717, 1.165) is 43.5 Å². The smallest absolute Gasteiger partial charge is 0.292 e. The summed E-state index contributed by atoms with van der Waals surface area (Å²) in [5.41, 5.74) is 2.63. The van der Waals surface area contributed by atoms with Crippen molar-refractivity contribution in [1.29, 1.82) is 0 Å². The Labute approximate surface area is 180 Å². The van der Waals surface area contributed by atoms with Crippen LogP contribution in [0.4, 0.5) is 0 Å². The molecule has 2 aromatic heterocycles. The predicted molar refractivity (Wildman–Crippen MR) is 119 cm³/mol. The lowest BCUT2D eigenvalue weighted by Gasteiger charge is -2.18. The summed E-state index contributed by atoms with van der Waals surface area (Å²) in [6.07, 6.45) is 4.93. The van der Waals surface area contributed by atoms with E-state index in [1.54, 1.807) is 16.8 Å². The number of fused-ring (bicyclic) bond motifs is 1. The van der Waals surface area contributed by atoms with Gasteiger partial charge in [0.15, 0.2) is 0 Å². The molecule has 1 aliphatic rings. The van der Waals surface area contributed by atoms with Gasteiger partial charge in [-0.25, -0.2) is 9.67 Å². The Morgan fingerprint density at radius 1 is 1.17 bits per heavy atom. The molecule has 3 aromatic rings. The molecule has 0 N–H and O–H groups in total. The first-order valence-electron chi connectivity index (χ1n) is 10.5. The summed E-state index contributed by atoms with van der Waals surface area (Å²) < 4.78 is 3.77. The van der Waals surface area contributed by atoms with E-state index in [4.69, 9.17) is 33.3 Å². The third-order valence-corrected chi connectivity index (χ3v) is 6.35. The van der Waals surface area contributed by atoms with Crippen molar-refractivity contribution in [2.24, 2.45) is 5.92 Å². The van der Waals surface area contributed by atoms with Crippen molar-refractivity contribution in [1.82, 2.24) is 19.3 Å². The van der Waals surface area contributed by atoms with Crippen LogP contribution in [0.3, 0.4) is 0 Å². The van der Waals surface area contributed by atoms with E-state index in [9.17, 15) is 4.79 Å². The van der Waals surface area contributed by atoms with Gasteiger partial charge in [0.2, 0.25) is 0 Å². The molecule has 4 rings (SSSR count). The fourth-order valence-corrected chi connectivity index (χ4v) is 4.51. The average Bonchev–Trinajstić information content (AvgIpc) is 3.44. The van der Waals surface area contributed by atoms with Crippen LogP contribution in [0.15, 0.2) is 23.0 Å². The average molecular weight is 433 g/mol. The fraction of sp³-hybridized carbons (Fsp3) is 0.500. The number of rotatable bonds is 7. The zero-order valence-electron chi connectivity index (χ0n) is 17.1. The molecular weight excluding hydrogens is 407 g/mol. The number of nitrogens with zero attached hydrogens (tertiary/aromatic N) is 4. The fourth-order valence-electron chi connectivity index (χ4n) is 4.01. The normalized spacial score (nSPS) is 14.3. The van der Waals surface area contributed by atoms with Crippen LogP contribution in [0, 0.1) is 5.92 Å². The molecule has 0 saturated heterocycles. The van der Waals surface area contributed by atoms with Crippen LogP contribution in [-0.2, 0) is 13.0 Å². The Balaban J connectivity index is 2.07. The largest absolute Gasteiger partial charge is 0.320 e. The van der Waals surface area contributed by atoms with E-state index >= 15 is 0 Å². The summed E-state index contributed by atoms with van der Waals surface area (Å²) in [7, 11) is 0. The molecule has 1 saturated carbocycles. The van der Waals surface area contributed by atoms with E-state index < -0.39 is 0 Å². The highest BCUT2D eigenvalue weighted by Gasteiger charge is 2.28. The number of imidazole rings is 1. The second-order valence-corrected chi connectivity index (χ2v) is 8.67. The second-order valence-electron chi connectivity index (χ2n) is 7.82. The Morgan fingerprint density at radius 2 is 1.90 bits per heavy atom. The summed E-state index contributed by atoms with van der Waals surface area (Å²) in [5, 5.41) is 5.82. The summed E-state index contributed by atoms with van der Waals surface area (Å²) in [6, 6.07) is 5.60. The highest BCUT2D eigenvalue weighted by molar-refractivity contribution is 6.36. The van der Waals surface area contributed by atoms with Gasteiger partial charge in [-0.2, -0.15) is 5.10 Å². The standard InChI is InChI=1S/C22H26Cl2N4O/c1-4-15(5-2)28-18(6-3)25-20-19(16-10-9-14(23)11-17(16)24)26-27(12-13-7-8-13)22(29)21(20)28/h9-11,13,15H,4-8,12H2,1-3H3. The van der Waals surface area contributed by atoms with Crippen LogP contribution < -0.4 is 5.56 Å². The van der Waals surface area contributed by atoms with Gasteiger partial charge in [-0.3, -0.25) is 4.79 Å². The van der Waals surface area contributed by atoms with Gasteiger partial charge >= 0.3 is 0 Å². The van der Waals surface area contributed by atoms with Crippen LogP contribution in [-0.4, -0.2) is 19.3 Å². The van der Waals surface area contributed by atoms with Crippen molar-refractivity contribution in [3.05, 3.63) is 44.4 Å². The molecule has 2 heterocycles. The molecule has 0 amide bonds. The molecule has 0 radical (unpaired) electrons. The quantitative estimate of drug-likeness (QED) is 0.466. The summed E-state index contributed by atoms with van der Waals surface area (Å²) in [5.74, 6) is 1.45. The van der Waals surface area contributed by atoms with Crippen LogP contribution in [0.5, 0.6) is 0 Å². The molecule has 1 aromatic carbocycles. The van der Waals surface area contributed by atoms with Crippen molar-refractivity contribution in [3.63, 3.8) is 0 Å². The van der Waals surface area contributed by atoms with Gasteiger partial charge in [0.05, 0.1) is 5.02 Å². The van der Waals surface area contributed by atoms with Gasteiger partial charge in [0.25, 0.3) is 5.56 Å². The zero-order valence-corrected chi connectivity index (χ0v) is 18.6. The third kappa shape index (κ3) is 3.71. The molecule has 0 unspecified atom stereocenters. The molecule has 29 heavy (non-hydrogen) atoms. The maximum Gasteiger partial charge on any atom is 0.292 e. The van der Waals surface area contributed by atoms with Gasteiger partial charge in [-0.1, -0.05) is 44.0 Å². The summed E-state index contributed by atoms with van der Waals surface area (Å²) in [6.45, 7) is 7.02. The molecular formula is C22H26Cl2N4O. The molecule has 1 aliphatic carbocycles. The van der Waals surface area contributed by atoms with Gasteiger partial charge in [-0.15, -0.1) is 0 Å². The maximum atomic E-state index is 13.5. The number of aryl methyl sites for hydroxylation is 1. The van der Waals surface area contributed by atoms with Crippen LogP contribution in [0.2, 0.25) is 10.0 Å². The van der Waals surface area contributed by atoms with E-state index in [1.807, 2.05) is 6.07 Å². The van der Waals surface area contributed by atoms with Crippen molar-refractivity contribution in [2.75, 3.05) is 0 Å². The van der Waals surface area contributed by atoms with Crippen molar-refractivity contribution < 1.29 is 0 Å². The Morgan fingerprint density at radius 3 is 2.48 bits per heavy atom. The Bertz CT molecular complexity index is 1110. The SMILES string of the molecule is CCc1nc2c(-c3ccc(Cl)cc3Cl)nn(CC3CC3)c(=O)c2n1C(CC)CC. The molecule has 7 heteroatoms. The van der Waals surface area contributed by atoms with Crippen LogP contribution >= 0.6 is 23.2 Å². The number of halogens is 2. The van der Waals surface area contributed by atoms with Crippen molar-refractivity contribution in [3.8, 4) is 11.3 Å². The second kappa shape index (κ2) is 8.11. The Hall–Kier alpha value is -1.85. The molecule has 0 bridgehead atoms. The highest BCUT2D eigenvalue weighted by atomic mass is 35.5. The molecule has 154 valence electrons. The first kappa shape index (κ1) is 20.4. The number of aromatic nitrogens is 4. The minimum Gasteiger partial charge on any atom is -0.320 e. The lowest BCUT2D eigenvalue weighted by atomic mass is 10.1. The first-order chi connectivity index (χ1) is 14.0. The number of hydrogen-bond acceptors (Lipinski definition) is 3. The van der Waals surface area contributed by atoms with E-state index in [1.165, 1.54) is 0 Å². The van der Waals surface area contributed by atoms with Gasteiger partial charge < -0.3 is 4.57 Å². The lowest BCUT2D eigenvalue weighted by molar-refractivity contribution is 0.464. The van der Waals surface area contributed by atoms with Crippen molar-refractivity contribution in [2.45, 2.75) is 65.5 Å². The molecule has 0 atom stereocenters. The minimum absolute atomic E-state index is 0.0557. The topological polar surface area (TPSA) is 52.7 Å². The molecule has 0 spiro atoms. The third-order valence-electron chi connectivity index (χ3n) is 5.80. The predicted octanol–water partition coefficient (Wildman–Crippen LogP) is 5.90. The lowest BCUT2D eigenvalue weighted by Crippen LogP contribution is -2.27. The summed E-state index contributed by atoms with van der Waals surface area (Å²) >= 11 is 12.6.